The summed E-state index contributed by atoms with van der Waals surface area (Å²) >= 11 is 5.72. The van der Waals surface area contributed by atoms with Crippen LogP contribution in [0.1, 0.15) is 13.8 Å². The lowest BCUT2D eigenvalue weighted by Gasteiger charge is -2.36. The maximum Gasteiger partial charge on any atom is 0.241 e. The Kier molecular flexibility index (Phi) is 5.56. The molecule has 1 amide bonds. The molecule has 2 rings (SSSR count). The molecule has 1 atom stereocenters. The van der Waals surface area contributed by atoms with E-state index < -0.39 is 5.82 Å². The van der Waals surface area contributed by atoms with Gasteiger partial charge in [-0.3, -0.25) is 9.69 Å². The lowest BCUT2D eigenvalue weighted by Crippen LogP contribution is -2.52. The molecule has 0 bridgehead atoms. The second-order valence-corrected chi connectivity index (χ2v) is 5.67. The Morgan fingerprint density at radius 3 is 2.62 bits per heavy atom. The van der Waals surface area contributed by atoms with Gasteiger partial charge in [0.05, 0.1) is 11.1 Å². The normalized spacial score (nSPS) is 18.5. The molecule has 116 valence electrons. The first-order chi connectivity index (χ1) is 10.0. The molecule has 1 heterocycles. The number of rotatable bonds is 4. The summed E-state index contributed by atoms with van der Waals surface area (Å²) in [7, 11) is 0. The minimum absolute atomic E-state index is 0.0111. The van der Waals surface area contributed by atoms with Crippen LogP contribution in [0.4, 0.5) is 10.1 Å². The third kappa shape index (κ3) is 4.15. The van der Waals surface area contributed by atoms with Crippen molar-refractivity contribution in [3.05, 3.63) is 29.0 Å². The Labute approximate surface area is 129 Å². The first kappa shape index (κ1) is 16.2. The van der Waals surface area contributed by atoms with E-state index in [1.54, 1.807) is 0 Å². The number of anilines is 1. The van der Waals surface area contributed by atoms with Crippen LogP contribution < -0.4 is 5.32 Å². The SMILES string of the molecule is CCN1CCN([C@@H](C)C(=O)Nc2ccc(F)c(Cl)c2)CC1. The van der Waals surface area contributed by atoms with Crippen LogP contribution in [0.5, 0.6) is 0 Å². The number of nitrogens with one attached hydrogen (secondary N) is 1. The molecule has 0 aromatic heterocycles. The predicted octanol–water partition coefficient (Wildman–Crippen LogP) is 2.44. The highest BCUT2D eigenvalue weighted by molar-refractivity contribution is 6.31. The van der Waals surface area contributed by atoms with Crippen molar-refractivity contribution in [1.82, 2.24) is 9.80 Å². The zero-order chi connectivity index (χ0) is 15.4. The molecule has 6 heteroatoms. The van der Waals surface area contributed by atoms with E-state index in [1.807, 2.05) is 6.92 Å². The van der Waals surface area contributed by atoms with Gasteiger partial charge in [-0.2, -0.15) is 0 Å². The summed E-state index contributed by atoms with van der Waals surface area (Å²) in [6.07, 6.45) is 0. The zero-order valence-electron chi connectivity index (χ0n) is 12.4. The number of carbonyl (C=O) groups is 1. The monoisotopic (exact) mass is 313 g/mol. The van der Waals surface area contributed by atoms with Gasteiger partial charge >= 0.3 is 0 Å². The fourth-order valence-corrected chi connectivity index (χ4v) is 2.63. The van der Waals surface area contributed by atoms with E-state index in [1.165, 1.54) is 18.2 Å². The summed E-state index contributed by atoms with van der Waals surface area (Å²) in [4.78, 5) is 16.8. The Balaban J connectivity index is 1.92. The van der Waals surface area contributed by atoms with E-state index in [2.05, 4.69) is 22.0 Å². The van der Waals surface area contributed by atoms with Gasteiger partial charge in [-0.25, -0.2) is 4.39 Å². The minimum atomic E-state index is -0.488. The van der Waals surface area contributed by atoms with Crippen molar-refractivity contribution in [2.75, 3.05) is 38.0 Å². The van der Waals surface area contributed by atoms with Crippen molar-refractivity contribution in [3.8, 4) is 0 Å². The van der Waals surface area contributed by atoms with E-state index in [4.69, 9.17) is 11.6 Å². The molecular formula is C15H21ClFN3O. The van der Waals surface area contributed by atoms with E-state index in [0.717, 1.165) is 32.7 Å². The first-order valence-electron chi connectivity index (χ1n) is 7.23. The van der Waals surface area contributed by atoms with Gasteiger partial charge in [-0.1, -0.05) is 18.5 Å². The highest BCUT2D eigenvalue weighted by Crippen LogP contribution is 2.20. The van der Waals surface area contributed by atoms with Crippen LogP contribution in [0, 0.1) is 5.82 Å². The number of likely N-dealkylation sites (N-methyl/N-ethyl adjacent to an activating group) is 1. The minimum Gasteiger partial charge on any atom is -0.325 e. The van der Waals surface area contributed by atoms with E-state index in [0.29, 0.717) is 5.69 Å². The molecule has 0 spiro atoms. The maximum absolute atomic E-state index is 13.1. The van der Waals surface area contributed by atoms with Crippen molar-refractivity contribution in [2.24, 2.45) is 0 Å². The molecule has 0 aliphatic carbocycles. The standard InChI is InChI=1S/C15H21ClFN3O/c1-3-19-6-8-20(9-7-19)11(2)15(21)18-12-4-5-14(17)13(16)10-12/h4-5,10-11H,3,6-9H2,1-2H3,(H,18,21)/t11-/m0/s1. The van der Waals surface area contributed by atoms with Gasteiger partial charge in [0, 0.05) is 31.9 Å². The van der Waals surface area contributed by atoms with Gasteiger partial charge in [0.25, 0.3) is 0 Å². The number of carbonyl (C=O) groups excluding carboxylic acids is 1. The summed E-state index contributed by atoms with van der Waals surface area (Å²) in [6.45, 7) is 8.81. The van der Waals surface area contributed by atoms with Gasteiger partial charge in [0.1, 0.15) is 5.82 Å². The Bertz CT molecular complexity index is 504. The third-order valence-electron chi connectivity index (χ3n) is 3.97. The van der Waals surface area contributed by atoms with E-state index >= 15 is 0 Å². The second-order valence-electron chi connectivity index (χ2n) is 5.26. The molecule has 4 nitrogen and oxygen atoms in total. The number of amides is 1. The van der Waals surface area contributed by atoms with Crippen molar-refractivity contribution >= 4 is 23.2 Å². The molecule has 1 N–H and O–H groups in total. The van der Waals surface area contributed by atoms with Crippen LogP contribution in [0.25, 0.3) is 0 Å². The fraction of sp³-hybridized carbons (Fsp3) is 0.533. The van der Waals surface area contributed by atoms with Gasteiger partial charge in [0.2, 0.25) is 5.91 Å². The molecule has 21 heavy (non-hydrogen) atoms. The summed E-state index contributed by atoms with van der Waals surface area (Å²) < 4.78 is 13.1. The van der Waals surface area contributed by atoms with Crippen LogP contribution >= 0.6 is 11.6 Å². The molecule has 1 aliphatic rings. The largest absolute Gasteiger partial charge is 0.325 e. The van der Waals surface area contributed by atoms with Gasteiger partial charge < -0.3 is 10.2 Å². The van der Waals surface area contributed by atoms with Crippen LogP contribution in [0.3, 0.4) is 0 Å². The maximum atomic E-state index is 13.1. The lowest BCUT2D eigenvalue weighted by atomic mass is 10.2. The summed E-state index contributed by atoms with van der Waals surface area (Å²) in [5, 5.41) is 2.80. The molecule has 0 unspecified atom stereocenters. The number of nitrogens with zero attached hydrogens (tertiary/aromatic N) is 2. The lowest BCUT2D eigenvalue weighted by molar-refractivity contribution is -0.121. The second kappa shape index (κ2) is 7.20. The summed E-state index contributed by atoms with van der Waals surface area (Å²) in [6, 6.07) is 3.98. The quantitative estimate of drug-likeness (QED) is 0.927. The smallest absolute Gasteiger partial charge is 0.241 e. The van der Waals surface area contributed by atoms with Gasteiger partial charge in [-0.15, -0.1) is 0 Å². The number of halogens is 2. The average molecular weight is 314 g/mol. The number of piperazine rings is 1. The molecule has 1 aliphatic heterocycles. The number of hydrogen-bond donors (Lipinski definition) is 1. The van der Waals surface area contributed by atoms with Gasteiger partial charge in [-0.05, 0) is 31.7 Å². The van der Waals surface area contributed by atoms with Crippen molar-refractivity contribution < 1.29 is 9.18 Å². The first-order valence-corrected chi connectivity index (χ1v) is 7.61. The highest BCUT2D eigenvalue weighted by Gasteiger charge is 2.25. The molecule has 1 aromatic rings. The molecule has 1 fully saturated rings. The van der Waals surface area contributed by atoms with Crippen LogP contribution in [-0.2, 0) is 4.79 Å². The zero-order valence-corrected chi connectivity index (χ0v) is 13.2. The third-order valence-corrected chi connectivity index (χ3v) is 4.26. The number of hydrogen-bond acceptors (Lipinski definition) is 3. The molecule has 1 aromatic carbocycles. The summed E-state index contributed by atoms with van der Waals surface area (Å²) in [5.41, 5.74) is 0.519. The van der Waals surface area contributed by atoms with Crippen molar-refractivity contribution in [1.29, 1.82) is 0 Å². The average Bonchev–Trinajstić information content (AvgIpc) is 2.50. The van der Waals surface area contributed by atoms with Crippen LogP contribution in [0.2, 0.25) is 5.02 Å². The Hall–Kier alpha value is -1.17. The Morgan fingerprint density at radius 2 is 2.05 bits per heavy atom. The van der Waals surface area contributed by atoms with Crippen molar-refractivity contribution in [2.45, 2.75) is 19.9 Å². The highest BCUT2D eigenvalue weighted by atomic mass is 35.5. The molecule has 0 saturated carbocycles. The van der Waals surface area contributed by atoms with Gasteiger partial charge in [0.15, 0.2) is 0 Å². The van der Waals surface area contributed by atoms with E-state index in [-0.39, 0.29) is 17.0 Å². The predicted molar refractivity (Wildman–Crippen MR) is 83.2 cm³/mol. The topological polar surface area (TPSA) is 35.6 Å². The summed E-state index contributed by atoms with van der Waals surface area (Å²) in [5.74, 6) is -0.582. The molecule has 1 saturated heterocycles. The van der Waals surface area contributed by atoms with Crippen LogP contribution in [0.15, 0.2) is 18.2 Å². The molecular weight excluding hydrogens is 293 g/mol. The van der Waals surface area contributed by atoms with Crippen LogP contribution in [-0.4, -0.2) is 54.5 Å². The Morgan fingerprint density at radius 1 is 1.38 bits per heavy atom. The molecule has 0 radical (unpaired) electrons. The fourth-order valence-electron chi connectivity index (χ4n) is 2.45. The number of benzene rings is 1. The van der Waals surface area contributed by atoms with E-state index in [9.17, 15) is 9.18 Å². The van der Waals surface area contributed by atoms with Crippen molar-refractivity contribution in [3.63, 3.8) is 0 Å².